The number of fused-ring (bicyclic) bond motifs is 3. The second-order valence-electron chi connectivity index (χ2n) is 18.9. The van der Waals surface area contributed by atoms with Gasteiger partial charge in [0.25, 0.3) is 0 Å². The van der Waals surface area contributed by atoms with Gasteiger partial charge < -0.3 is 48.1 Å². The number of pyridine rings is 1. The van der Waals surface area contributed by atoms with Crippen molar-refractivity contribution in [3.8, 4) is 5.75 Å². The molecule has 3 aromatic heterocycles. The summed E-state index contributed by atoms with van der Waals surface area (Å²) in [6.45, 7) is 3.67. The van der Waals surface area contributed by atoms with Crippen molar-refractivity contribution in [2.75, 3.05) is 77.5 Å². The molecule has 1 N–H and O–H groups in total. The third-order valence-corrected chi connectivity index (χ3v) is 13.8. The number of nitrogens with zero attached hydrogens (tertiary/aromatic N) is 8. The van der Waals surface area contributed by atoms with Crippen LogP contribution in [0, 0.1) is 17.5 Å². The molecule has 0 bridgehead atoms. The number of likely N-dealkylation sites (tertiary alicyclic amines) is 1. The first kappa shape index (κ1) is 55.9. The number of benzene rings is 2. The van der Waals surface area contributed by atoms with Crippen LogP contribution >= 0.6 is 11.6 Å². The van der Waals surface area contributed by atoms with Crippen LogP contribution in [0.15, 0.2) is 55.0 Å². The Balaban J connectivity index is 0.634. The predicted molar refractivity (Wildman–Crippen MR) is 267 cm³/mol. The molecule has 5 heterocycles. The van der Waals surface area contributed by atoms with Gasteiger partial charge in [-0.25, -0.2) is 27.6 Å². The third-order valence-electron chi connectivity index (χ3n) is 13.6. The van der Waals surface area contributed by atoms with E-state index in [1.54, 1.807) is 39.0 Å². The Hall–Kier alpha value is -6.27. The van der Waals surface area contributed by atoms with Crippen LogP contribution in [0.25, 0.3) is 11.0 Å². The van der Waals surface area contributed by atoms with Crippen molar-refractivity contribution in [2.45, 2.75) is 108 Å². The van der Waals surface area contributed by atoms with Crippen molar-refractivity contribution >= 4 is 52.2 Å². The second kappa shape index (κ2) is 27.2. The number of aromatic nitrogens is 6. The van der Waals surface area contributed by atoms with Gasteiger partial charge in [-0.15, -0.1) is 5.10 Å². The normalized spacial score (nSPS) is 16.8. The highest BCUT2D eigenvalue weighted by Crippen LogP contribution is 2.48. The number of rotatable bonds is 29. The Kier molecular flexibility index (Phi) is 20.0. The Labute approximate surface area is 441 Å². The molecule has 2 aliphatic heterocycles. The summed E-state index contributed by atoms with van der Waals surface area (Å²) >= 11 is 6.29. The van der Waals surface area contributed by atoms with Gasteiger partial charge in [-0.3, -0.25) is 23.8 Å². The van der Waals surface area contributed by atoms with E-state index in [-0.39, 0.29) is 56.7 Å². The van der Waals surface area contributed by atoms with Crippen LogP contribution in [-0.2, 0) is 69.5 Å². The summed E-state index contributed by atoms with van der Waals surface area (Å²) in [6, 6.07) is 8.14. The number of anilines is 1. The Morgan fingerprint density at radius 1 is 0.829 bits per heavy atom. The summed E-state index contributed by atoms with van der Waals surface area (Å²) < 4.78 is 89.2. The van der Waals surface area contributed by atoms with Gasteiger partial charge in [0.15, 0.2) is 11.6 Å². The van der Waals surface area contributed by atoms with E-state index in [9.17, 15) is 36.7 Å². The maximum atomic E-state index is 14.5. The number of amides is 3. The van der Waals surface area contributed by atoms with Crippen molar-refractivity contribution in [3.63, 3.8) is 0 Å². The molecule has 410 valence electrons. The highest BCUT2D eigenvalue weighted by Gasteiger charge is 2.53. The molecule has 2 aromatic carbocycles. The van der Waals surface area contributed by atoms with Gasteiger partial charge in [0.2, 0.25) is 17.6 Å². The zero-order chi connectivity index (χ0) is 53.4. The topological polar surface area (TPSA) is 204 Å². The fourth-order valence-electron chi connectivity index (χ4n) is 9.55. The smallest absolute Gasteiger partial charge is 0.410 e. The molecular weight excluding hydrogens is 1020 g/mol. The molecule has 0 radical (unpaired) electrons. The average molecular weight is 1080 g/mol. The molecule has 0 atom stereocenters. The number of carbonyl (C=O) groups is 4. The lowest BCUT2D eigenvalue weighted by Crippen LogP contribution is -2.52. The number of halogens is 5. The van der Waals surface area contributed by atoms with Crippen molar-refractivity contribution in [3.05, 3.63) is 94.5 Å². The van der Waals surface area contributed by atoms with Gasteiger partial charge in [-0.05, 0) is 74.8 Å². The zero-order valence-electron chi connectivity index (χ0n) is 42.1. The minimum Gasteiger partial charge on any atom is -0.446 e. The molecule has 24 heteroatoms. The highest BCUT2D eigenvalue weighted by molar-refractivity contribution is 6.31. The van der Waals surface area contributed by atoms with Crippen LogP contribution in [0.4, 0.5) is 28.0 Å². The fraction of sp³-hybridized carbons (Fsp3) is 0.538. The maximum Gasteiger partial charge on any atom is 0.410 e. The standard InChI is InChI=1S/C52H62ClF4N9O10/c53-35-7-8-44-43(27-35)60-46(65(44)15-4-3-13-54)34-66-45-32-58-14-9-40(45)52(50(66)69)11-16-63(17-12-52)51(70)75-39-30-38(31-39)59-47(67)6-2-1-5-37-33-64(62-61-37)18-20-72-22-24-74-26-25-73-23-21-71-19-10-48(68)76-49-41(56)28-36(55)29-42(49)57/h7-9,14,27-29,32-33,38-39H,1-6,10-13,15-26,30-31,34H2,(H,59,67). The summed E-state index contributed by atoms with van der Waals surface area (Å²) in [7, 11) is 0. The van der Waals surface area contributed by atoms with E-state index in [1.165, 1.54) is 0 Å². The first-order chi connectivity index (χ1) is 36.9. The molecule has 3 amide bonds. The van der Waals surface area contributed by atoms with Crippen LogP contribution in [0.3, 0.4) is 0 Å². The van der Waals surface area contributed by atoms with Gasteiger partial charge >= 0.3 is 12.1 Å². The molecule has 76 heavy (non-hydrogen) atoms. The SMILES string of the molecule is O=C(CCCCc1cn(CCOCCOCCOCCOCCC(=O)Oc2c(F)cc(F)cc2F)nn1)NC1CC(OC(=O)N2CCC3(CC2)C(=O)N(Cc2nc4cc(Cl)ccc4n2CCCCF)c2cnccc23)C1. The van der Waals surface area contributed by atoms with E-state index in [1.807, 2.05) is 22.9 Å². The Bertz CT molecular complexity index is 2750. The van der Waals surface area contributed by atoms with Gasteiger partial charge in [-0.2, -0.15) is 0 Å². The number of hydrogen-bond acceptors (Lipinski definition) is 14. The minimum atomic E-state index is -1.31. The Morgan fingerprint density at radius 2 is 1.54 bits per heavy atom. The molecule has 19 nitrogen and oxygen atoms in total. The van der Waals surface area contributed by atoms with E-state index in [0.29, 0.717) is 145 Å². The minimum absolute atomic E-state index is 0.0519. The number of alkyl halides is 1. The first-order valence-corrected chi connectivity index (χ1v) is 26.1. The molecule has 0 unspecified atom stereocenters. The second-order valence-corrected chi connectivity index (χ2v) is 19.3. The number of esters is 1. The molecule has 1 saturated carbocycles. The maximum absolute atomic E-state index is 14.5. The van der Waals surface area contributed by atoms with Crippen molar-refractivity contribution < 1.29 is 65.2 Å². The predicted octanol–water partition coefficient (Wildman–Crippen LogP) is 6.98. The molecule has 3 aliphatic rings. The summed E-state index contributed by atoms with van der Waals surface area (Å²) in [4.78, 5) is 65.0. The molecule has 1 aliphatic carbocycles. The van der Waals surface area contributed by atoms with Crippen LogP contribution in [0.1, 0.15) is 81.3 Å². The van der Waals surface area contributed by atoms with Gasteiger partial charge in [0, 0.05) is 74.5 Å². The number of ether oxygens (including phenoxy) is 6. The van der Waals surface area contributed by atoms with E-state index in [2.05, 4.69) is 25.3 Å². The van der Waals surface area contributed by atoms with E-state index >= 15 is 0 Å². The monoisotopic (exact) mass is 1080 g/mol. The summed E-state index contributed by atoms with van der Waals surface area (Å²) in [6.07, 6.45) is 9.68. The number of nitrogens with one attached hydrogen (secondary N) is 1. The third kappa shape index (κ3) is 14.6. The summed E-state index contributed by atoms with van der Waals surface area (Å²) in [5.74, 6) is -5.08. The quantitative estimate of drug-likeness (QED) is 0.0222. The highest BCUT2D eigenvalue weighted by atomic mass is 35.5. The summed E-state index contributed by atoms with van der Waals surface area (Å²) in [5, 5.41) is 12.0. The van der Waals surface area contributed by atoms with Crippen LogP contribution in [-0.4, -0.2) is 143 Å². The number of imidazole rings is 1. The molecule has 1 spiro atoms. The van der Waals surface area contributed by atoms with Crippen molar-refractivity contribution in [2.24, 2.45) is 0 Å². The largest absolute Gasteiger partial charge is 0.446 e. The number of carbonyl (C=O) groups excluding carboxylic acids is 4. The number of hydrogen-bond donors (Lipinski definition) is 1. The lowest BCUT2D eigenvalue weighted by molar-refractivity contribution is -0.136. The first-order valence-electron chi connectivity index (χ1n) is 25.7. The molecule has 1 saturated heterocycles. The Morgan fingerprint density at radius 3 is 2.26 bits per heavy atom. The van der Waals surface area contributed by atoms with E-state index in [0.717, 1.165) is 28.9 Å². The molecule has 2 fully saturated rings. The van der Waals surface area contributed by atoms with Gasteiger partial charge in [0.05, 0.1) is 113 Å². The lowest BCUT2D eigenvalue weighted by atomic mass is 9.74. The van der Waals surface area contributed by atoms with Gasteiger partial charge in [0.1, 0.15) is 17.7 Å². The average Bonchev–Trinajstić information content (AvgIpc) is 4.11. The molecular formula is C52H62ClF4N9O10. The fourth-order valence-corrected chi connectivity index (χ4v) is 9.71. The summed E-state index contributed by atoms with van der Waals surface area (Å²) in [5.41, 5.74) is 3.16. The van der Waals surface area contributed by atoms with E-state index in [4.69, 9.17) is 40.3 Å². The van der Waals surface area contributed by atoms with Crippen molar-refractivity contribution in [1.82, 2.24) is 39.7 Å². The van der Waals surface area contributed by atoms with Crippen LogP contribution < -0.4 is 15.0 Å². The number of unbranched alkanes of at least 4 members (excludes halogenated alkanes) is 2. The molecule has 5 aromatic rings. The van der Waals surface area contributed by atoms with Crippen LogP contribution in [0.2, 0.25) is 5.02 Å². The number of piperidine rings is 1. The molecule has 8 rings (SSSR count). The zero-order valence-corrected chi connectivity index (χ0v) is 42.8. The number of aryl methyl sites for hydroxylation is 2. The van der Waals surface area contributed by atoms with Gasteiger partial charge in [-0.1, -0.05) is 16.8 Å². The lowest BCUT2D eigenvalue weighted by Gasteiger charge is -2.40. The van der Waals surface area contributed by atoms with Crippen molar-refractivity contribution in [1.29, 1.82) is 0 Å². The van der Waals surface area contributed by atoms with E-state index < -0.39 is 47.4 Å². The van der Waals surface area contributed by atoms with Crippen LogP contribution in [0.5, 0.6) is 5.75 Å².